The zero-order valence-corrected chi connectivity index (χ0v) is 15.6. The lowest BCUT2D eigenvalue weighted by Gasteiger charge is -2.14. The van der Waals surface area contributed by atoms with Gasteiger partial charge in [0.15, 0.2) is 0 Å². The van der Waals surface area contributed by atoms with Crippen LogP contribution in [0.15, 0.2) is 36.4 Å². The van der Waals surface area contributed by atoms with E-state index in [1.807, 2.05) is 26.8 Å². The van der Waals surface area contributed by atoms with Gasteiger partial charge in [-0.3, -0.25) is 4.68 Å². The third-order valence-electron chi connectivity index (χ3n) is 4.02. The number of aromatic carboxylic acids is 1. The second-order valence-electron chi connectivity index (χ2n) is 7.26. The minimum Gasteiger partial charge on any atom is -0.477 e. The van der Waals surface area contributed by atoms with Crippen molar-refractivity contribution in [3.8, 4) is 0 Å². The average Bonchev–Trinajstić information content (AvgIpc) is 3.03. The molecule has 0 amide bonds. The van der Waals surface area contributed by atoms with Crippen LogP contribution in [0, 0.1) is 0 Å². The first kappa shape index (κ1) is 19.7. The molecule has 1 aromatic heterocycles. The number of carboxylic acids is 1. The van der Waals surface area contributed by atoms with Crippen molar-refractivity contribution in [1.29, 1.82) is 0 Å². The van der Waals surface area contributed by atoms with Crippen molar-refractivity contribution < 1.29 is 19.4 Å². The van der Waals surface area contributed by atoms with Crippen LogP contribution in [0.5, 0.6) is 0 Å². The van der Waals surface area contributed by atoms with Crippen molar-refractivity contribution in [2.75, 3.05) is 6.61 Å². The molecule has 6 nitrogen and oxygen atoms in total. The number of carboxylic acid groups (broad SMARTS) is 1. The third-order valence-corrected chi connectivity index (χ3v) is 4.02. The van der Waals surface area contributed by atoms with Crippen LogP contribution in [0.25, 0.3) is 0 Å². The van der Waals surface area contributed by atoms with Gasteiger partial charge in [0.25, 0.3) is 0 Å². The van der Waals surface area contributed by atoms with Crippen molar-refractivity contribution in [3.05, 3.63) is 53.3 Å². The fourth-order valence-electron chi connectivity index (χ4n) is 2.49. The van der Waals surface area contributed by atoms with E-state index in [-0.39, 0.29) is 17.1 Å². The molecule has 140 valence electrons. The zero-order valence-electron chi connectivity index (χ0n) is 15.6. The van der Waals surface area contributed by atoms with Gasteiger partial charge in [-0.1, -0.05) is 39.0 Å². The second-order valence-corrected chi connectivity index (χ2v) is 7.26. The third kappa shape index (κ3) is 5.44. The van der Waals surface area contributed by atoms with E-state index in [4.69, 9.17) is 4.74 Å². The number of aryl methyl sites for hydroxylation is 1. The van der Waals surface area contributed by atoms with Crippen molar-refractivity contribution >= 4 is 11.9 Å². The molecular weight excluding hydrogens is 332 g/mol. The number of benzene rings is 1. The minimum absolute atomic E-state index is 0.193. The van der Waals surface area contributed by atoms with Crippen molar-refractivity contribution in [3.63, 3.8) is 0 Å². The van der Waals surface area contributed by atoms with Crippen molar-refractivity contribution in [1.82, 2.24) is 9.78 Å². The molecule has 1 N–H and O–H groups in total. The molecule has 2 rings (SSSR count). The van der Waals surface area contributed by atoms with Crippen molar-refractivity contribution in [2.24, 2.45) is 0 Å². The fraction of sp³-hybridized carbons (Fsp3) is 0.450. The van der Waals surface area contributed by atoms with Gasteiger partial charge in [0.1, 0.15) is 5.69 Å². The number of ether oxygens (including phenoxy) is 1. The smallest absolute Gasteiger partial charge is 0.354 e. The van der Waals surface area contributed by atoms with Crippen LogP contribution in [-0.4, -0.2) is 33.4 Å². The van der Waals surface area contributed by atoms with E-state index in [1.54, 1.807) is 35.0 Å². The SMILES string of the molecule is CC(C)(C)c1cc(C(=O)O)n(CCCCCOC(=O)c2ccccc2)n1. The number of carbonyl (C=O) groups is 2. The quantitative estimate of drug-likeness (QED) is 0.571. The van der Waals surface area contributed by atoms with E-state index >= 15 is 0 Å². The van der Waals surface area contributed by atoms with Crippen molar-refractivity contribution in [2.45, 2.75) is 52.0 Å². The van der Waals surface area contributed by atoms with Crippen LogP contribution in [-0.2, 0) is 16.7 Å². The van der Waals surface area contributed by atoms with Crippen LogP contribution >= 0.6 is 0 Å². The Kier molecular flexibility index (Phi) is 6.55. The lowest BCUT2D eigenvalue weighted by Crippen LogP contribution is -2.14. The number of unbranched alkanes of at least 4 members (excludes halogenated alkanes) is 2. The number of nitrogens with zero attached hydrogens (tertiary/aromatic N) is 2. The summed E-state index contributed by atoms with van der Waals surface area (Å²) in [6.45, 7) is 6.90. The molecule has 0 spiro atoms. The van der Waals surface area contributed by atoms with Gasteiger partial charge in [0, 0.05) is 12.0 Å². The van der Waals surface area contributed by atoms with Gasteiger partial charge in [-0.25, -0.2) is 9.59 Å². The second kappa shape index (κ2) is 8.65. The monoisotopic (exact) mass is 358 g/mol. The highest BCUT2D eigenvalue weighted by atomic mass is 16.5. The zero-order chi connectivity index (χ0) is 19.2. The number of hydrogen-bond acceptors (Lipinski definition) is 4. The topological polar surface area (TPSA) is 81.4 Å². The highest BCUT2D eigenvalue weighted by Crippen LogP contribution is 2.22. The Hall–Kier alpha value is -2.63. The molecular formula is C20H26N2O4. The van der Waals surface area contributed by atoms with E-state index in [9.17, 15) is 14.7 Å². The molecule has 0 aliphatic rings. The molecule has 0 fully saturated rings. The van der Waals surface area contributed by atoms with Gasteiger partial charge < -0.3 is 9.84 Å². The molecule has 1 heterocycles. The van der Waals surface area contributed by atoms with E-state index in [1.165, 1.54) is 0 Å². The van der Waals surface area contributed by atoms with Crippen LogP contribution < -0.4 is 0 Å². The van der Waals surface area contributed by atoms with Gasteiger partial charge in [-0.2, -0.15) is 5.10 Å². The molecule has 0 aliphatic heterocycles. The summed E-state index contributed by atoms with van der Waals surface area (Å²) in [5.41, 5.74) is 1.34. The summed E-state index contributed by atoms with van der Waals surface area (Å²) in [7, 11) is 0. The van der Waals surface area contributed by atoms with E-state index in [2.05, 4.69) is 5.10 Å². The first-order valence-corrected chi connectivity index (χ1v) is 8.83. The van der Waals surface area contributed by atoms with Gasteiger partial charge in [-0.15, -0.1) is 0 Å². The molecule has 0 saturated carbocycles. The van der Waals surface area contributed by atoms with E-state index in [0.29, 0.717) is 18.7 Å². The Bertz CT molecular complexity index is 745. The summed E-state index contributed by atoms with van der Waals surface area (Å²) in [6, 6.07) is 10.5. The Morgan fingerprint density at radius 3 is 2.42 bits per heavy atom. The van der Waals surface area contributed by atoms with Crippen LogP contribution in [0.4, 0.5) is 0 Å². The normalized spacial score (nSPS) is 11.3. The van der Waals surface area contributed by atoms with Gasteiger partial charge >= 0.3 is 11.9 Å². The lowest BCUT2D eigenvalue weighted by atomic mass is 9.92. The standard InChI is InChI=1S/C20H26N2O4/c1-20(2,3)17-14-16(18(23)24)22(21-17)12-8-5-9-13-26-19(25)15-10-6-4-7-11-15/h4,6-7,10-11,14H,5,8-9,12-13H2,1-3H3,(H,23,24). The Labute approximate surface area is 153 Å². The summed E-state index contributed by atoms with van der Waals surface area (Å²) in [5.74, 6) is -1.29. The molecule has 0 atom stereocenters. The molecule has 1 aromatic carbocycles. The number of carbonyl (C=O) groups excluding carboxylic acids is 1. The molecule has 0 saturated heterocycles. The average molecular weight is 358 g/mol. The largest absolute Gasteiger partial charge is 0.477 e. The van der Waals surface area contributed by atoms with Gasteiger partial charge in [0.05, 0.1) is 17.9 Å². The Morgan fingerprint density at radius 1 is 1.12 bits per heavy atom. The molecule has 2 aromatic rings. The van der Waals surface area contributed by atoms with Crippen LogP contribution in [0.2, 0.25) is 0 Å². The van der Waals surface area contributed by atoms with E-state index < -0.39 is 5.97 Å². The minimum atomic E-state index is -0.968. The highest BCUT2D eigenvalue weighted by molar-refractivity contribution is 5.89. The summed E-state index contributed by atoms with van der Waals surface area (Å²) < 4.78 is 6.79. The molecule has 0 bridgehead atoms. The highest BCUT2D eigenvalue weighted by Gasteiger charge is 2.22. The molecule has 0 aliphatic carbocycles. The Balaban J connectivity index is 1.77. The van der Waals surface area contributed by atoms with Crippen LogP contribution in [0.1, 0.15) is 66.6 Å². The van der Waals surface area contributed by atoms with Gasteiger partial charge in [-0.05, 0) is 37.5 Å². The molecule has 0 unspecified atom stereocenters. The first-order valence-electron chi connectivity index (χ1n) is 8.83. The number of aromatic nitrogens is 2. The number of rotatable bonds is 8. The summed E-state index contributed by atoms with van der Waals surface area (Å²) in [4.78, 5) is 23.2. The molecule has 26 heavy (non-hydrogen) atoms. The van der Waals surface area contributed by atoms with E-state index in [0.717, 1.165) is 25.0 Å². The number of esters is 1. The van der Waals surface area contributed by atoms with Gasteiger partial charge in [0.2, 0.25) is 0 Å². The summed E-state index contributed by atoms with van der Waals surface area (Å²) in [5, 5.41) is 13.8. The maximum atomic E-state index is 11.8. The summed E-state index contributed by atoms with van der Waals surface area (Å²) in [6.07, 6.45) is 2.33. The number of hydrogen-bond donors (Lipinski definition) is 1. The summed E-state index contributed by atoms with van der Waals surface area (Å²) >= 11 is 0. The maximum absolute atomic E-state index is 11.8. The predicted octanol–water partition coefficient (Wildman–Crippen LogP) is 3.91. The first-order chi connectivity index (χ1) is 12.3. The predicted molar refractivity (Wildman–Crippen MR) is 98.5 cm³/mol. The maximum Gasteiger partial charge on any atom is 0.354 e. The lowest BCUT2D eigenvalue weighted by molar-refractivity contribution is 0.0496. The molecule has 0 radical (unpaired) electrons. The fourth-order valence-corrected chi connectivity index (χ4v) is 2.49. The Morgan fingerprint density at radius 2 is 1.81 bits per heavy atom. The molecule has 6 heteroatoms. The van der Waals surface area contributed by atoms with Crippen LogP contribution in [0.3, 0.4) is 0 Å².